The molecule has 0 aliphatic heterocycles. The van der Waals surface area contributed by atoms with Gasteiger partial charge in [0.2, 0.25) is 0 Å². The van der Waals surface area contributed by atoms with Crippen molar-refractivity contribution in [2.45, 2.75) is 17.3 Å². The molecule has 0 radical (unpaired) electrons. The Bertz CT molecular complexity index is 1310. The van der Waals surface area contributed by atoms with Crippen LogP contribution in [-0.4, -0.2) is 19.5 Å². The van der Waals surface area contributed by atoms with Crippen molar-refractivity contribution in [3.8, 4) is 5.75 Å². The summed E-state index contributed by atoms with van der Waals surface area (Å²) in [7, 11) is -3.51. The zero-order chi connectivity index (χ0) is 21.1. The van der Waals surface area contributed by atoms with Crippen LogP contribution in [-0.2, 0) is 22.2 Å². The molecule has 0 spiro atoms. The summed E-state index contributed by atoms with van der Waals surface area (Å²) in [6, 6.07) is 22.8. The van der Waals surface area contributed by atoms with Crippen molar-refractivity contribution < 1.29 is 23.1 Å². The number of carboxylic acid groups (broad SMARTS) is 1. The smallest absolute Gasteiger partial charge is 0.349 e. The molecule has 0 amide bonds. The average Bonchev–Trinajstić information content (AvgIpc) is 3.12. The molecule has 5 nitrogen and oxygen atoms in total. The van der Waals surface area contributed by atoms with Gasteiger partial charge in [-0.2, -0.15) is 0 Å². The van der Waals surface area contributed by atoms with Crippen molar-refractivity contribution in [1.82, 2.24) is 0 Å². The third-order valence-electron chi connectivity index (χ3n) is 4.68. The van der Waals surface area contributed by atoms with Crippen LogP contribution in [0.2, 0.25) is 0 Å². The molecule has 0 unspecified atom stereocenters. The lowest BCUT2D eigenvalue weighted by Crippen LogP contribution is -2.09. The van der Waals surface area contributed by atoms with Crippen molar-refractivity contribution in [2.24, 2.45) is 0 Å². The fourth-order valence-corrected chi connectivity index (χ4v) is 5.63. The molecular weight excluding hydrogens is 420 g/mol. The first-order chi connectivity index (χ1) is 14.5. The van der Waals surface area contributed by atoms with Crippen molar-refractivity contribution in [3.63, 3.8) is 0 Å². The molecule has 7 heteroatoms. The maximum Gasteiger partial charge on any atom is 0.349 e. The molecule has 152 valence electrons. The summed E-state index contributed by atoms with van der Waals surface area (Å²) < 4.78 is 32.3. The fourth-order valence-electron chi connectivity index (χ4n) is 3.21. The van der Waals surface area contributed by atoms with Crippen LogP contribution in [0.25, 0.3) is 10.1 Å². The predicted molar refractivity (Wildman–Crippen MR) is 117 cm³/mol. The van der Waals surface area contributed by atoms with E-state index in [2.05, 4.69) is 0 Å². The van der Waals surface area contributed by atoms with Gasteiger partial charge in [-0.1, -0.05) is 54.6 Å². The number of hydrogen-bond donors (Lipinski definition) is 1. The minimum Gasteiger partial charge on any atom is -0.486 e. The van der Waals surface area contributed by atoms with Crippen LogP contribution >= 0.6 is 11.3 Å². The summed E-state index contributed by atoms with van der Waals surface area (Å²) in [4.78, 5) is 12.1. The second kappa shape index (κ2) is 8.30. The van der Waals surface area contributed by atoms with E-state index in [1.807, 2.05) is 24.3 Å². The summed E-state index contributed by atoms with van der Waals surface area (Å²) >= 11 is 1.16. The first kappa shape index (κ1) is 20.1. The van der Waals surface area contributed by atoms with Crippen molar-refractivity contribution in [3.05, 3.63) is 94.9 Å². The first-order valence-electron chi connectivity index (χ1n) is 9.18. The first-order valence-corrected chi connectivity index (χ1v) is 11.6. The molecule has 0 saturated carbocycles. The molecule has 4 aromatic rings. The number of carboxylic acids is 1. The van der Waals surface area contributed by atoms with Crippen LogP contribution in [0.5, 0.6) is 5.75 Å². The number of fused-ring (bicyclic) bond motifs is 1. The Morgan fingerprint density at radius 3 is 2.23 bits per heavy atom. The molecule has 4 rings (SSSR count). The SMILES string of the molecule is O=C(O)c1sc2ccccc2c1OCc1ccccc1CS(=O)(=O)c1ccccc1. The highest BCUT2D eigenvalue weighted by atomic mass is 32.2. The number of thiophene rings is 1. The summed E-state index contributed by atoms with van der Waals surface area (Å²) in [5.41, 5.74) is 1.32. The summed E-state index contributed by atoms with van der Waals surface area (Å²) in [6.07, 6.45) is 0. The van der Waals surface area contributed by atoms with Gasteiger partial charge in [-0.05, 0) is 35.4 Å². The minimum atomic E-state index is -3.51. The summed E-state index contributed by atoms with van der Waals surface area (Å²) in [5, 5.41) is 10.3. The lowest BCUT2D eigenvalue weighted by Gasteiger charge is -2.12. The van der Waals surface area contributed by atoms with E-state index >= 15 is 0 Å². The van der Waals surface area contributed by atoms with Gasteiger partial charge < -0.3 is 9.84 Å². The highest BCUT2D eigenvalue weighted by Crippen LogP contribution is 2.38. The molecule has 0 atom stereocenters. The van der Waals surface area contributed by atoms with Gasteiger partial charge in [0.25, 0.3) is 0 Å². The number of benzene rings is 3. The number of rotatable bonds is 7. The second-order valence-corrected chi connectivity index (χ2v) is 9.73. The van der Waals surface area contributed by atoms with Crippen LogP contribution in [0.1, 0.15) is 20.8 Å². The monoisotopic (exact) mass is 438 g/mol. The molecule has 0 aliphatic carbocycles. The summed E-state index contributed by atoms with van der Waals surface area (Å²) in [6.45, 7) is 0.0709. The molecule has 0 fully saturated rings. The van der Waals surface area contributed by atoms with Crippen molar-refractivity contribution >= 4 is 37.2 Å². The van der Waals surface area contributed by atoms with Crippen LogP contribution in [0.15, 0.2) is 83.8 Å². The van der Waals surface area contributed by atoms with Gasteiger partial charge in [-0.25, -0.2) is 13.2 Å². The zero-order valence-electron chi connectivity index (χ0n) is 15.8. The van der Waals surface area contributed by atoms with Crippen molar-refractivity contribution in [2.75, 3.05) is 0 Å². The maximum absolute atomic E-state index is 12.8. The van der Waals surface area contributed by atoms with E-state index in [0.717, 1.165) is 21.4 Å². The molecule has 0 bridgehead atoms. The molecule has 1 aromatic heterocycles. The lowest BCUT2D eigenvalue weighted by molar-refractivity contribution is 0.0698. The van der Waals surface area contributed by atoms with Crippen LogP contribution in [0.4, 0.5) is 0 Å². The van der Waals surface area contributed by atoms with Gasteiger partial charge in [0.1, 0.15) is 6.61 Å². The highest BCUT2D eigenvalue weighted by Gasteiger charge is 2.21. The number of aromatic carboxylic acids is 1. The highest BCUT2D eigenvalue weighted by molar-refractivity contribution is 7.90. The van der Waals surface area contributed by atoms with E-state index in [9.17, 15) is 18.3 Å². The normalized spacial score (nSPS) is 11.5. The van der Waals surface area contributed by atoms with Crippen LogP contribution in [0.3, 0.4) is 0 Å². The van der Waals surface area contributed by atoms with Gasteiger partial charge in [-0.15, -0.1) is 11.3 Å². The molecule has 1 N–H and O–H groups in total. The van der Waals surface area contributed by atoms with Gasteiger partial charge >= 0.3 is 5.97 Å². The van der Waals surface area contributed by atoms with E-state index in [-0.39, 0.29) is 22.1 Å². The van der Waals surface area contributed by atoms with Crippen molar-refractivity contribution in [1.29, 1.82) is 0 Å². The Morgan fingerprint density at radius 2 is 1.50 bits per heavy atom. The number of sulfone groups is 1. The third kappa shape index (κ3) is 4.08. The Hall–Kier alpha value is -3.16. The van der Waals surface area contributed by atoms with E-state index in [0.29, 0.717) is 16.9 Å². The topological polar surface area (TPSA) is 80.7 Å². The molecule has 30 heavy (non-hydrogen) atoms. The van der Waals surface area contributed by atoms with Gasteiger partial charge in [0.15, 0.2) is 20.5 Å². The Balaban J connectivity index is 1.63. The standard InChI is InChI=1S/C23H18O5S2/c24-23(25)22-21(19-12-6-7-13-20(19)29-22)28-14-16-8-4-5-9-17(16)15-30(26,27)18-10-2-1-3-11-18/h1-13H,14-15H2,(H,24,25). The number of hydrogen-bond acceptors (Lipinski definition) is 5. The van der Waals surface area contributed by atoms with Gasteiger partial charge in [0.05, 0.1) is 10.6 Å². The molecule has 1 heterocycles. The minimum absolute atomic E-state index is 0.0709. The molecule has 0 saturated heterocycles. The van der Waals surface area contributed by atoms with Crippen LogP contribution < -0.4 is 4.74 Å². The zero-order valence-corrected chi connectivity index (χ0v) is 17.4. The molecule has 0 aliphatic rings. The number of ether oxygens (including phenoxy) is 1. The second-order valence-electron chi connectivity index (χ2n) is 6.69. The van der Waals surface area contributed by atoms with E-state index in [4.69, 9.17) is 4.74 Å². The Morgan fingerprint density at radius 1 is 0.867 bits per heavy atom. The summed E-state index contributed by atoms with van der Waals surface area (Å²) in [5.74, 6) is -0.901. The average molecular weight is 439 g/mol. The largest absolute Gasteiger partial charge is 0.486 e. The third-order valence-corrected chi connectivity index (χ3v) is 7.50. The fraction of sp³-hybridized carbons (Fsp3) is 0.0870. The van der Waals surface area contributed by atoms with Gasteiger partial charge in [-0.3, -0.25) is 0 Å². The molecular formula is C23H18O5S2. The Kier molecular flexibility index (Phi) is 5.57. The number of carbonyl (C=O) groups is 1. The Labute approximate surface area is 178 Å². The van der Waals surface area contributed by atoms with E-state index in [1.54, 1.807) is 54.6 Å². The predicted octanol–water partition coefficient (Wildman–Crippen LogP) is 5.15. The molecule has 3 aromatic carbocycles. The quantitative estimate of drug-likeness (QED) is 0.431. The van der Waals surface area contributed by atoms with E-state index in [1.165, 1.54) is 0 Å². The van der Waals surface area contributed by atoms with Crippen LogP contribution in [0, 0.1) is 0 Å². The van der Waals surface area contributed by atoms with Gasteiger partial charge in [0, 0.05) is 10.1 Å². The maximum atomic E-state index is 12.8. The van der Waals surface area contributed by atoms with E-state index < -0.39 is 15.8 Å². The lowest BCUT2D eigenvalue weighted by atomic mass is 10.1.